The van der Waals surface area contributed by atoms with Crippen LogP contribution in [0.25, 0.3) is 0 Å². The van der Waals surface area contributed by atoms with E-state index in [1.807, 2.05) is 0 Å². The predicted octanol–water partition coefficient (Wildman–Crippen LogP) is 2.13. The molecule has 0 spiro atoms. The van der Waals surface area contributed by atoms with Crippen molar-refractivity contribution in [3.63, 3.8) is 0 Å². The van der Waals surface area contributed by atoms with E-state index in [1.54, 1.807) is 0 Å². The van der Waals surface area contributed by atoms with Crippen molar-refractivity contribution in [3.05, 3.63) is 11.4 Å². The first-order valence-electron chi connectivity index (χ1n) is 6.25. The standard InChI is InChI=1S/C12H21N3O/c1-3-10-12(11(4-2)15-14-10)13-9-5-7-16-8-6-9/h9,13H,3-8H2,1-2H3,(H,14,15). The van der Waals surface area contributed by atoms with Gasteiger partial charge in [-0.15, -0.1) is 0 Å². The smallest absolute Gasteiger partial charge is 0.0853 e. The lowest BCUT2D eigenvalue weighted by molar-refractivity contribution is 0.0904. The molecule has 0 radical (unpaired) electrons. The van der Waals surface area contributed by atoms with Gasteiger partial charge >= 0.3 is 0 Å². The predicted molar refractivity (Wildman–Crippen MR) is 64.8 cm³/mol. The van der Waals surface area contributed by atoms with E-state index in [9.17, 15) is 0 Å². The number of rotatable bonds is 4. The quantitative estimate of drug-likeness (QED) is 0.822. The number of aromatic amines is 1. The Balaban J connectivity index is 2.08. The molecule has 2 N–H and O–H groups in total. The Labute approximate surface area is 96.8 Å². The average molecular weight is 223 g/mol. The molecular formula is C12H21N3O. The maximum Gasteiger partial charge on any atom is 0.0853 e. The molecule has 0 bridgehead atoms. The van der Waals surface area contributed by atoms with Crippen LogP contribution in [0.4, 0.5) is 5.69 Å². The molecule has 1 fully saturated rings. The van der Waals surface area contributed by atoms with Crippen LogP contribution in [0.1, 0.15) is 38.1 Å². The Morgan fingerprint density at radius 1 is 1.31 bits per heavy atom. The molecule has 4 nitrogen and oxygen atoms in total. The van der Waals surface area contributed by atoms with Gasteiger partial charge in [0.2, 0.25) is 0 Å². The summed E-state index contributed by atoms with van der Waals surface area (Å²) in [7, 11) is 0. The highest BCUT2D eigenvalue weighted by Crippen LogP contribution is 2.22. The van der Waals surface area contributed by atoms with E-state index in [0.717, 1.165) is 44.6 Å². The highest BCUT2D eigenvalue weighted by atomic mass is 16.5. The molecule has 16 heavy (non-hydrogen) atoms. The summed E-state index contributed by atoms with van der Waals surface area (Å²) in [6.45, 7) is 6.05. The van der Waals surface area contributed by atoms with Gasteiger partial charge in [-0.1, -0.05) is 13.8 Å². The monoisotopic (exact) mass is 223 g/mol. The molecule has 1 aliphatic heterocycles. The third-order valence-electron chi connectivity index (χ3n) is 3.17. The summed E-state index contributed by atoms with van der Waals surface area (Å²) in [5, 5.41) is 11.1. The van der Waals surface area contributed by atoms with Crippen LogP contribution in [0.5, 0.6) is 0 Å². The molecule has 1 aliphatic rings. The second-order valence-electron chi connectivity index (χ2n) is 4.26. The molecule has 1 saturated heterocycles. The van der Waals surface area contributed by atoms with Gasteiger partial charge in [0.15, 0.2) is 0 Å². The average Bonchev–Trinajstić information content (AvgIpc) is 2.72. The lowest BCUT2D eigenvalue weighted by Gasteiger charge is -2.24. The third-order valence-corrected chi connectivity index (χ3v) is 3.17. The van der Waals surface area contributed by atoms with Crippen molar-refractivity contribution in [1.82, 2.24) is 10.2 Å². The number of hydrogen-bond acceptors (Lipinski definition) is 3. The number of nitrogens with zero attached hydrogens (tertiary/aromatic N) is 1. The van der Waals surface area contributed by atoms with E-state index in [-0.39, 0.29) is 0 Å². The van der Waals surface area contributed by atoms with Crippen LogP contribution < -0.4 is 5.32 Å². The van der Waals surface area contributed by atoms with Gasteiger partial charge in [0, 0.05) is 19.3 Å². The first-order chi connectivity index (χ1) is 7.85. The molecule has 0 aromatic carbocycles. The zero-order valence-corrected chi connectivity index (χ0v) is 10.2. The van der Waals surface area contributed by atoms with Gasteiger partial charge in [-0.25, -0.2) is 0 Å². The van der Waals surface area contributed by atoms with Crippen molar-refractivity contribution < 1.29 is 4.74 Å². The summed E-state index contributed by atoms with van der Waals surface area (Å²) in [6, 6.07) is 0.543. The van der Waals surface area contributed by atoms with Gasteiger partial charge in [0.1, 0.15) is 0 Å². The molecule has 2 heterocycles. The van der Waals surface area contributed by atoms with Crippen LogP contribution in [0.15, 0.2) is 0 Å². The number of aromatic nitrogens is 2. The Kier molecular flexibility index (Phi) is 3.83. The van der Waals surface area contributed by atoms with Crippen LogP contribution in [0, 0.1) is 0 Å². The van der Waals surface area contributed by atoms with Crippen molar-refractivity contribution in [2.45, 2.75) is 45.6 Å². The van der Waals surface area contributed by atoms with Crippen LogP contribution in [0.2, 0.25) is 0 Å². The maximum absolute atomic E-state index is 5.37. The second-order valence-corrected chi connectivity index (χ2v) is 4.26. The molecule has 4 heteroatoms. The Morgan fingerprint density at radius 2 is 2.06 bits per heavy atom. The molecule has 2 rings (SSSR count). The Morgan fingerprint density at radius 3 is 2.69 bits per heavy atom. The minimum absolute atomic E-state index is 0.543. The van der Waals surface area contributed by atoms with E-state index in [4.69, 9.17) is 4.74 Å². The summed E-state index contributed by atoms with van der Waals surface area (Å²) < 4.78 is 5.37. The van der Waals surface area contributed by atoms with Crippen LogP contribution in [-0.2, 0) is 17.6 Å². The van der Waals surface area contributed by atoms with E-state index >= 15 is 0 Å². The van der Waals surface area contributed by atoms with Gasteiger partial charge in [-0.05, 0) is 25.7 Å². The first kappa shape index (κ1) is 11.5. The summed E-state index contributed by atoms with van der Waals surface area (Å²) in [5.41, 5.74) is 3.61. The summed E-state index contributed by atoms with van der Waals surface area (Å²) in [6.07, 6.45) is 4.16. The lowest BCUT2D eigenvalue weighted by atomic mass is 10.1. The van der Waals surface area contributed by atoms with Crippen LogP contribution in [0.3, 0.4) is 0 Å². The minimum atomic E-state index is 0.543. The van der Waals surface area contributed by atoms with Gasteiger partial charge in [0.05, 0.1) is 17.1 Å². The normalized spacial score (nSPS) is 17.6. The number of H-pyrrole nitrogens is 1. The molecule has 0 amide bonds. The fraction of sp³-hybridized carbons (Fsp3) is 0.750. The fourth-order valence-corrected chi connectivity index (χ4v) is 2.15. The van der Waals surface area contributed by atoms with Crippen molar-refractivity contribution >= 4 is 5.69 Å². The number of aryl methyl sites for hydroxylation is 2. The molecule has 0 aliphatic carbocycles. The largest absolute Gasteiger partial charge is 0.381 e. The summed E-state index contributed by atoms with van der Waals surface area (Å²) in [5.74, 6) is 0. The van der Waals surface area contributed by atoms with Crippen molar-refractivity contribution in [2.75, 3.05) is 18.5 Å². The molecule has 90 valence electrons. The Bertz CT molecular complexity index is 308. The molecule has 0 unspecified atom stereocenters. The molecule has 1 aromatic heterocycles. The number of ether oxygens (including phenoxy) is 1. The number of anilines is 1. The highest BCUT2D eigenvalue weighted by molar-refractivity contribution is 5.53. The second kappa shape index (κ2) is 5.34. The fourth-order valence-electron chi connectivity index (χ4n) is 2.15. The molecular weight excluding hydrogens is 202 g/mol. The first-order valence-corrected chi connectivity index (χ1v) is 6.25. The third kappa shape index (κ3) is 2.38. The summed E-state index contributed by atoms with van der Waals surface area (Å²) in [4.78, 5) is 0. The topological polar surface area (TPSA) is 49.9 Å². The summed E-state index contributed by atoms with van der Waals surface area (Å²) >= 11 is 0. The zero-order chi connectivity index (χ0) is 11.4. The molecule has 1 aromatic rings. The molecule has 0 atom stereocenters. The number of hydrogen-bond donors (Lipinski definition) is 2. The van der Waals surface area contributed by atoms with Crippen molar-refractivity contribution in [3.8, 4) is 0 Å². The lowest BCUT2D eigenvalue weighted by Crippen LogP contribution is -2.28. The van der Waals surface area contributed by atoms with E-state index < -0.39 is 0 Å². The highest BCUT2D eigenvalue weighted by Gasteiger charge is 2.17. The van der Waals surface area contributed by atoms with Gasteiger partial charge in [-0.2, -0.15) is 5.10 Å². The van der Waals surface area contributed by atoms with Crippen LogP contribution >= 0.6 is 0 Å². The maximum atomic E-state index is 5.37. The van der Waals surface area contributed by atoms with Crippen LogP contribution in [-0.4, -0.2) is 29.5 Å². The van der Waals surface area contributed by atoms with Gasteiger partial charge in [-0.3, -0.25) is 5.10 Å². The van der Waals surface area contributed by atoms with Crippen molar-refractivity contribution in [1.29, 1.82) is 0 Å². The SMILES string of the molecule is CCc1n[nH]c(CC)c1NC1CCOCC1. The zero-order valence-electron chi connectivity index (χ0n) is 10.2. The van der Waals surface area contributed by atoms with Gasteiger partial charge < -0.3 is 10.1 Å². The van der Waals surface area contributed by atoms with E-state index in [1.165, 1.54) is 11.4 Å². The van der Waals surface area contributed by atoms with E-state index in [0.29, 0.717) is 6.04 Å². The van der Waals surface area contributed by atoms with E-state index in [2.05, 4.69) is 29.4 Å². The minimum Gasteiger partial charge on any atom is -0.381 e. The Hall–Kier alpha value is -1.03. The number of nitrogens with one attached hydrogen (secondary N) is 2. The van der Waals surface area contributed by atoms with Crippen molar-refractivity contribution in [2.24, 2.45) is 0 Å². The molecule has 0 saturated carbocycles. The van der Waals surface area contributed by atoms with Gasteiger partial charge in [0.25, 0.3) is 0 Å².